The van der Waals surface area contributed by atoms with Crippen LogP contribution in [-0.2, 0) is 20.9 Å². The number of benzene rings is 2. The second kappa shape index (κ2) is 10.9. The van der Waals surface area contributed by atoms with Crippen LogP contribution >= 0.6 is 23.4 Å². The number of thioether (sulfide) groups is 1. The molecule has 0 bridgehead atoms. The van der Waals surface area contributed by atoms with Crippen molar-refractivity contribution in [2.75, 3.05) is 40.0 Å². The van der Waals surface area contributed by atoms with Gasteiger partial charge in [-0.3, -0.25) is 19.3 Å². The number of amides is 3. The van der Waals surface area contributed by atoms with E-state index in [0.29, 0.717) is 48.4 Å². The van der Waals surface area contributed by atoms with Crippen molar-refractivity contribution >= 4 is 46.5 Å². The number of para-hydroxylation sites is 1. The molecule has 0 radical (unpaired) electrons. The molecule has 34 heavy (non-hydrogen) atoms. The quantitative estimate of drug-likeness (QED) is 0.532. The normalized spacial score (nSPS) is 17.4. The van der Waals surface area contributed by atoms with Crippen molar-refractivity contribution in [3.05, 3.63) is 63.5 Å². The third-order valence-corrected chi connectivity index (χ3v) is 6.50. The number of nitrogens with zero attached hydrogens (tertiary/aromatic N) is 2. The third-order valence-electron chi connectivity index (χ3n) is 5.34. The van der Waals surface area contributed by atoms with Gasteiger partial charge in [-0.05, 0) is 41.6 Å². The molecule has 0 aliphatic carbocycles. The number of hydrogen-bond donors (Lipinski definition) is 0. The Balaban J connectivity index is 1.52. The molecule has 3 amide bonds. The minimum absolute atomic E-state index is 0.212. The fourth-order valence-electron chi connectivity index (χ4n) is 3.52. The standard InChI is InChI=1S/C24H23ClN2O6S/c1-31-19-4-2-3-17(22(19)33-15-16-5-7-18(25)8-6-16)13-20-23(29)27(24(30)34-20)14-21(28)26-9-11-32-12-10-26/h2-8,13H,9-12,14-15H2,1H3/b20-13+. The molecule has 2 saturated heterocycles. The highest BCUT2D eigenvalue weighted by Gasteiger charge is 2.37. The van der Waals surface area contributed by atoms with Gasteiger partial charge in [-0.25, -0.2) is 0 Å². The molecule has 4 rings (SSSR count). The number of carbonyl (C=O) groups excluding carboxylic acids is 3. The van der Waals surface area contributed by atoms with Gasteiger partial charge in [0.1, 0.15) is 13.2 Å². The Morgan fingerprint density at radius 3 is 2.59 bits per heavy atom. The van der Waals surface area contributed by atoms with Crippen LogP contribution in [0.1, 0.15) is 11.1 Å². The summed E-state index contributed by atoms with van der Waals surface area (Å²) in [5, 5.41) is 0.147. The van der Waals surface area contributed by atoms with Crippen LogP contribution in [0.15, 0.2) is 47.4 Å². The first-order valence-corrected chi connectivity index (χ1v) is 11.8. The van der Waals surface area contributed by atoms with Gasteiger partial charge in [-0.15, -0.1) is 0 Å². The lowest BCUT2D eigenvalue weighted by Gasteiger charge is -2.28. The summed E-state index contributed by atoms with van der Waals surface area (Å²) in [5.74, 6) is 0.142. The maximum absolute atomic E-state index is 13.0. The van der Waals surface area contributed by atoms with Crippen LogP contribution in [0.5, 0.6) is 11.5 Å². The molecule has 0 aromatic heterocycles. The number of carbonyl (C=O) groups is 3. The molecule has 0 unspecified atom stereocenters. The van der Waals surface area contributed by atoms with Crippen LogP contribution in [-0.4, -0.2) is 66.8 Å². The van der Waals surface area contributed by atoms with Crippen LogP contribution in [0.2, 0.25) is 5.02 Å². The minimum atomic E-state index is -0.511. The molecule has 2 aliphatic rings. The van der Waals surface area contributed by atoms with E-state index in [9.17, 15) is 14.4 Å². The molecule has 0 spiro atoms. The lowest BCUT2D eigenvalue weighted by atomic mass is 10.1. The van der Waals surface area contributed by atoms with Gasteiger partial charge in [0, 0.05) is 23.7 Å². The third kappa shape index (κ3) is 5.55. The summed E-state index contributed by atoms with van der Waals surface area (Å²) >= 11 is 6.74. The average molecular weight is 503 g/mol. The van der Waals surface area contributed by atoms with Crippen LogP contribution in [0.4, 0.5) is 4.79 Å². The first-order valence-electron chi connectivity index (χ1n) is 10.6. The molecule has 2 fully saturated rings. The predicted octanol–water partition coefficient (Wildman–Crippen LogP) is 3.82. The Morgan fingerprint density at radius 1 is 1.15 bits per heavy atom. The molecule has 0 atom stereocenters. The summed E-state index contributed by atoms with van der Waals surface area (Å²) in [4.78, 5) is 40.8. The summed E-state index contributed by atoms with van der Waals surface area (Å²) in [5.41, 5.74) is 1.49. The molecule has 10 heteroatoms. The van der Waals surface area contributed by atoms with E-state index in [2.05, 4.69) is 0 Å². The van der Waals surface area contributed by atoms with E-state index in [0.717, 1.165) is 22.2 Å². The number of rotatable bonds is 7. The fraction of sp³-hybridized carbons (Fsp3) is 0.292. The first kappa shape index (κ1) is 24.1. The highest BCUT2D eigenvalue weighted by Crippen LogP contribution is 2.37. The van der Waals surface area contributed by atoms with Gasteiger partial charge >= 0.3 is 0 Å². The van der Waals surface area contributed by atoms with Gasteiger partial charge in [0.15, 0.2) is 11.5 Å². The second-order valence-corrected chi connectivity index (χ2v) is 8.98. The van der Waals surface area contributed by atoms with Crippen molar-refractivity contribution in [2.24, 2.45) is 0 Å². The van der Waals surface area contributed by atoms with E-state index in [1.165, 1.54) is 7.11 Å². The molecule has 2 heterocycles. The highest BCUT2D eigenvalue weighted by atomic mass is 35.5. The lowest BCUT2D eigenvalue weighted by Crippen LogP contribution is -2.46. The number of imide groups is 1. The molecular weight excluding hydrogens is 480 g/mol. The van der Waals surface area contributed by atoms with Gasteiger partial charge in [0.2, 0.25) is 5.91 Å². The van der Waals surface area contributed by atoms with Gasteiger partial charge in [0.05, 0.1) is 25.2 Å². The molecule has 0 saturated carbocycles. The van der Waals surface area contributed by atoms with E-state index in [1.807, 2.05) is 12.1 Å². The van der Waals surface area contributed by atoms with Crippen LogP contribution < -0.4 is 9.47 Å². The summed E-state index contributed by atoms with van der Waals surface area (Å²) in [6.45, 7) is 1.75. The summed E-state index contributed by atoms with van der Waals surface area (Å²) < 4.78 is 16.7. The Morgan fingerprint density at radius 2 is 1.88 bits per heavy atom. The largest absolute Gasteiger partial charge is 0.493 e. The lowest BCUT2D eigenvalue weighted by molar-refractivity contribution is -0.139. The Kier molecular flexibility index (Phi) is 7.77. The van der Waals surface area contributed by atoms with Crippen LogP contribution in [0.3, 0.4) is 0 Å². The Hall–Kier alpha value is -3.01. The van der Waals surface area contributed by atoms with E-state index in [4.69, 9.17) is 25.8 Å². The number of halogens is 1. The smallest absolute Gasteiger partial charge is 0.294 e. The molecule has 2 aromatic carbocycles. The van der Waals surface area contributed by atoms with Crippen molar-refractivity contribution in [3.8, 4) is 11.5 Å². The van der Waals surface area contributed by atoms with Gasteiger partial charge in [-0.1, -0.05) is 35.9 Å². The Bertz CT molecular complexity index is 1110. The molecule has 2 aliphatic heterocycles. The zero-order valence-corrected chi connectivity index (χ0v) is 20.1. The van der Waals surface area contributed by atoms with E-state index >= 15 is 0 Å². The maximum Gasteiger partial charge on any atom is 0.294 e. The molecule has 178 valence electrons. The SMILES string of the molecule is COc1cccc(/C=C2/SC(=O)N(CC(=O)N3CCOCC3)C2=O)c1OCc1ccc(Cl)cc1. The van der Waals surface area contributed by atoms with Crippen molar-refractivity contribution in [1.29, 1.82) is 0 Å². The summed E-state index contributed by atoms with van der Waals surface area (Å²) in [7, 11) is 1.53. The van der Waals surface area contributed by atoms with Gasteiger partial charge < -0.3 is 19.1 Å². The molecule has 8 nitrogen and oxygen atoms in total. The minimum Gasteiger partial charge on any atom is -0.493 e. The van der Waals surface area contributed by atoms with Gasteiger partial charge in [-0.2, -0.15) is 0 Å². The second-order valence-electron chi connectivity index (χ2n) is 7.55. The topological polar surface area (TPSA) is 85.4 Å². The first-order chi connectivity index (χ1) is 16.5. The van der Waals surface area contributed by atoms with Crippen LogP contribution in [0, 0.1) is 0 Å². The van der Waals surface area contributed by atoms with E-state index in [1.54, 1.807) is 41.3 Å². The number of hydrogen-bond acceptors (Lipinski definition) is 7. The van der Waals surface area contributed by atoms with Crippen LogP contribution in [0.25, 0.3) is 6.08 Å². The van der Waals surface area contributed by atoms with Crippen molar-refractivity contribution < 1.29 is 28.6 Å². The number of morpholine rings is 1. The predicted molar refractivity (Wildman–Crippen MR) is 129 cm³/mol. The summed E-state index contributed by atoms with van der Waals surface area (Å²) in [6, 6.07) is 12.6. The van der Waals surface area contributed by atoms with Crippen molar-refractivity contribution in [2.45, 2.75) is 6.61 Å². The monoisotopic (exact) mass is 502 g/mol. The number of methoxy groups -OCH3 is 1. The maximum atomic E-state index is 13.0. The fourth-order valence-corrected chi connectivity index (χ4v) is 4.48. The van der Waals surface area contributed by atoms with Crippen molar-refractivity contribution in [3.63, 3.8) is 0 Å². The molecule has 2 aromatic rings. The van der Waals surface area contributed by atoms with E-state index in [-0.39, 0.29) is 24.0 Å². The zero-order valence-electron chi connectivity index (χ0n) is 18.5. The molecular formula is C24H23ClN2O6S. The summed E-state index contributed by atoms with van der Waals surface area (Å²) in [6.07, 6.45) is 1.59. The highest BCUT2D eigenvalue weighted by molar-refractivity contribution is 8.18. The zero-order chi connectivity index (χ0) is 24.1. The average Bonchev–Trinajstić information content (AvgIpc) is 3.11. The van der Waals surface area contributed by atoms with E-state index < -0.39 is 11.1 Å². The Labute approximate surface area is 206 Å². The number of ether oxygens (including phenoxy) is 3. The van der Waals surface area contributed by atoms with Gasteiger partial charge in [0.25, 0.3) is 11.1 Å². The molecule has 0 N–H and O–H groups in total. The van der Waals surface area contributed by atoms with Crippen molar-refractivity contribution in [1.82, 2.24) is 9.80 Å².